The zero-order chi connectivity index (χ0) is 41.9. The quantitative estimate of drug-likeness (QED) is 0.0545. The number of anilines is 1. The van der Waals surface area contributed by atoms with Gasteiger partial charge in [0.1, 0.15) is 17.0 Å². The van der Waals surface area contributed by atoms with Gasteiger partial charge in [0.15, 0.2) is 11.4 Å². The molecule has 0 atom stereocenters. The van der Waals surface area contributed by atoms with Crippen molar-refractivity contribution in [2.45, 2.75) is 45.6 Å². The molecular formula is C42H65N7O10. The number of hydrogen-bond acceptors (Lipinski definition) is 16. The fraction of sp³-hybridized carbons (Fsp3) is 0.595. The molecule has 0 saturated carbocycles. The number of nitrogens with one attached hydrogen (secondary N) is 2. The molecule has 1 aliphatic heterocycles. The Bertz CT molecular complexity index is 1720. The number of aliphatic hydroxyl groups is 1. The number of fused-ring (bicyclic) bond motifs is 1. The van der Waals surface area contributed by atoms with Gasteiger partial charge in [0.25, 0.3) is 6.01 Å². The zero-order valence-corrected chi connectivity index (χ0v) is 34.8. The van der Waals surface area contributed by atoms with Crippen LogP contribution >= 0.6 is 0 Å². The van der Waals surface area contributed by atoms with Crippen molar-refractivity contribution in [3.05, 3.63) is 70.0 Å². The van der Waals surface area contributed by atoms with Crippen molar-refractivity contribution in [3.8, 4) is 0 Å². The highest BCUT2D eigenvalue weighted by Gasteiger charge is 2.31. The molecular weight excluding hydrogens is 763 g/mol. The van der Waals surface area contributed by atoms with Crippen LogP contribution in [0.15, 0.2) is 57.3 Å². The lowest BCUT2D eigenvalue weighted by atomic mass is 9.96. The first-order valence-corrected chi connectivity index (χ1v) is 20.6. The number of oxazole rings is 1. The maximum Gasteiger partial charge on any atom is 0.292 e. The maximum absolute atomic E-state index is 9.01. The molecule has 0 saturated heterocycles. The lowest BCUT2D eigenvalue weighted by Crippen LogP contribution is -2.27. The number of nitrogens with zero attached hydrogens (tertiary/aromatic N) is 3. The molecule has 17 nitrogen and oxygen atoms in total. The first-order chi connectivity index (χ1) is 28.9. The molecule has 0 radical (unpaired) electrons. The number of hydrogen-bond donors (Lipinski definition) is 5. The fourth-order valence-corrected chi connectivity index (χ4v) is 6.17. The summed E-state index contributed by atoms with van der Waals surface area (Å²) in [6.07, 6.45) is 4.96. The highest BCUT2D eigenvalue weighted by atomic mass is 16.6. The second kappa shape index (κ2) is 28.3. The summed E-state index contributed by atoms with van der Waals surface area (Å²) in [4.78, 5) is 4.25. The summed E-state index contributed by atoms with van der Waals surface area (Å²) in [5, 5.41) is 27.2. The van der Waals surface area contributed by atoms with E-state index in [-0.39, 0.29) is 18.5 Å². The van der Waals surface area contributed by atoms with Gasteiger partial charge in [-0.3, -0.25) is 5.41 Å². The Morgan fingerprint density at radius 2 is 1.29 bits per heavy atom. The Hall–Kier alpha value is -4.17. The van der Waals surface area contributed by atoms with Crippen LogP contribution in [0.5, 0.6) is 0 Å². The molecule has 7 N–H and O–H groups in total. The van der Waals surface area contributed by atoms with Crippen LogP contribution in [-0.2, 0) is 57.3 Å². The lowest BCUT2D eigenvalue weighted by Gasteiger charge is -2.17. The van der Waals surface area contributed by atoms with E-state index in [0.717, 1.165) is 43.2 Å². The predicted molar refractivity (Wildman–Crippen MR) is 226 cm³/mol. The van der Waals surface area contributed by atoms with E-state index in [1.165, 1.54) is 11.1 Å². The van der Waals surface area contributed by atoms with Crippen molar-refractivity contribution in [3.63, 3.8) is 0 Å². The normalized spacial score (nSPS) is 13.8. The van der Waals surface area contributed by atoms with E-state index in [2.05, 4.69) is 35.4 Å². The molecule has 4 rings (SSSR count). The van der Waals surface area contributed by atoms with Crippen molar-refractivity contribution in [1.29, 1.82) is 5.41 Å². The minimum atomic E-state index is 0.0197. The number of amidine groups is 1. The number of aryl methyl sites for hydroxylation is 2. The van der Waals surface area contributed by atoms with E-state index in [0.29, 0.717) is 140 Å². The van der Waals surface area contributed by atoms with Crippen molar-refractivity contribution >= 4 is 28.7 Å². The fourth-order valence-electron chi connectivity index (χ4n) is 6.17. The third-order valence-electron chi connectivity index (χ3n) is 9.12. The van der Waals surface area contributed by atoms with Gasteiger partial charge >= 0.3 is 0 Å². The molecule has 1 aromatic heterocycles. The van der Waals surface area contributed by atoms with Crippen molar-refractivity contribution in [2.24, 2.45) is 10.8 Å². The molecule has 2 aromatic carbocycles. The molecule has 1 aliphatic rings. The third-order valence-corrected chi connectivity index (χ3v) is 9.12. The average molecular weight is 828 g/mol. The van der Waals surface area contributed by atoms with Crippen LogP contribution < -0.4 is 16.8 Å². The van der Waals surface area contributed by atoms with Crippen LogP contribution in [0.1, 0.15) is 48.4 Å². The number of rotatable bonds is 34. The van der Waals surface area contributed by atoms with Crippen LogP contribution in [0, 0.1) is 5.41 Å². The molecule has 3 aromatic rings. The summed E-state index contributed by atoms with van der Waals surface area (Å²) in [5.41, 5.74) is 18.9. The Balaban J connectivity index is 1.04. The Labute approximate surface area is 347 Å². The van der Waals surface area contributed by atoms with Gasteiger partial charge in [-0.15, -0.1) is 0 Å². The minimum absolute atomic E-state index is 0.0197. The van der Waals surface area contributed by atoms with Gasteiger partial charge in [0.2, 0.25) is 0 Å². The number of nitrogen functional groups attached to an aromatic ring is 1. The summed E-state index contributed by atoms with van der Waals surface area (Å²) in [6, 6.07) is 12.2. The zero-order valence-electron chi connectivity index (χ0n) is 34.8. The van der Waals surface area contributed by atoms with E-state index in [1.807, 2.05) is 12.1 Å². The van der Waals surface area contributed by atoms with Crippen LogP contribution in [0.3, 0.4) is 0 Å². The van der Waals surface area contributed by atoms with Crippen LogP contribution in [0.2, 0.25) is 0 Å². The Kier molecular flexibility index (Phi) is 22.8. The Morgan fingerprint density at radius 1 is 0.729 bits per heavy atom. The van der Waals surface area contributed by atoms with E-state index < -0.39 is 0 Å². The van der Waals surface area contributed by atoms with Gasteiger partial charge < -0.3 is 64.2 Å². The number of aliphatic hydroxyl groups excluding tert-OH is 1. The second-order valence-electron chi connectivity index (χ2n) is 13.6. The number of aromatic nitrogens is 1. The van der Waals surface area contributed by atoms with Crippen molar-refractivity contribution < 1.29 is 47.4 Å². The van der Waals surface area contributed by atoms with Gasteiger partial charge in [-0.25, -0.2) is 5.01 Å². The van der Waals surface area contributed by atoms with Crippen LogP contribution in [-0.4, -0.2) is 146 Å². The Morgan fingerprint density at radius 3 is 1.83 bits per heavy atom. The van der Waals surface area contributed by atoms with E-state index in [1.54, 1.807) is 18.1 Å². The van der Waals surface area contributed by atoms with Crippen molar-refractivity contribution in [2.75, 3.05) is 125 Å². The van der Waals surface area contributed by atoms with Gasteiger partial charge in [0, 0.05) is 19.2 Å². The molecule has 2 heterocycles. The average Bonchev–Trinajstić information content (AvgIpc) is 3.78. The number of benzene rings is 2. The SMILES string of the molecule is CCCc1ccc(CN2N=C(c3ccc4oc(N)nc4c3)/C(=C(\N)NC)C2=N)cc1CCCCOCCOCCOCCOCCOCCOCCOCCOCCO. The first-order valence-electron chi connectivity index (χ1n) is 20.6. The topological polar surface area (TPSA) is 224 Å². The van der Waals surface area contributed by atoms with Gasteiger partial charge in [0.05, 0.1) is 118 Å². The van der Waals surface area contributed by atoms with E-state index >= 15 is 0 Å². The minimum Gasteiger partial charge on any atom is -0.424 e. The summed E-state index contributed by atoms with van der Waals surface area (Å²) >= 11 is 0. The van der Waals surface area contributed by atoms with E-state index in [9.17, 15) is 0 Å². The second-order valence-corrected chi connectivity index (χ2v) is 13.6. The molecule has 17 heteroatoms. The molecule has 0 spiro atoms. The van der Waals surface area contributed by atoms with Gasteiger partial charge in [-0.05, 0) is 60.6 Å². The molecule has 0 aliphatic carbocycles. The first kappa shape index (κ1) is 47.5. The monoisotopic (exact) mass is 827 g/mol. The molecule has 59 heavy (non-hydrogen) atoms. The largest absolute Gasteiger partial charge is 0.424 e. The molecule has 0 bridgehead atoms. The number of unbranched alkanes of at least 4 members (excludes halogenated alkanes) is 1. The molecule has 0 fully saturated rings. The summed E-state index contributed by atoms with van der Waals surface area (Å²) in [5.74, 6) is 0.588. The molecule has 0 amide bonds. The third kappa shape index (κ3) is 17.1. The lowest BCUT2D eigenvalue weighted by molar-refractivity contribution is -0.0238. The number of hydrazone groups is 1. The maximum atomic E-state index is 9.01. The predicted octanol–water partition coefficient (Wildman–Crippen LogP) is 3.40. The van der Waals surface area contributed by atoms with Gasteiger partial charge in [-0.2, -0.15) is 10.1 Å². The number of nitrogens with two attached hydrogens (primary N) is 2. The standard InChI is InChI=1S/C42H65N7O10/c1-3-6-33-9-8-32(31-49-41(44)38(40(43)46-2)39(48-49)35-10-11-37-36(30-35)47-42(45)59-37)29-34(33)7-4-5-13-51-15-17-53-19-21-55-23-25-57-27-28-58-26-24-56-22-20-54-18-16-52-14-12-50/h8-11,29-30,44,46,50H,3-7,12-28,31,43H2,1-2H3,(H2,45,47)/b40-38-,44-41?. The van der Waals surface area contributed by atoms with Crippen LogP contribution in [0.4, 0.5) is 6.01 Å². The summed E-state index contributed by atoms with van der Waals surface area (Å²) < 4.78 is 49.4. The van der Waals surface area contributed by atoms with Crippen LogP contribution in [0.25, 0.3) is 11.1 Å². The van der Waals surface area contributed by atoms with Gasteiger partial charge in [-0.1, -0.05) is 31.5 Å². The van der Waals surface area contributed by atoms with Crippen molar-refractivity contribution in [1.82, 2.24) is 15.3 Å². The highest BCUT2D eigenvalue weighted by Crippen LogP contribution is 2.27. The highest BCUT2D eigenvalue weighted by molar-refractivity contribution is 6.32. The molecule has 328 valence electrons. The summed E-state index contributed by atoms with van der Waals surface area (Å²) in [6.45, 7) is 10.6. The summed E-state index contributed by atoms with van der Waals surface area (Å²) in [7, 11) is 1.73. The molecule has 0 unspecified atom stereocenters. The smallest absolute Gasteiger partial charge is 0.292 e. The number of ether oxygens (including phenoxy) is 8. The van der Waals surface area contributed by atoms with E-state index in [4.69, 9.17) is 69.4 Å².